The Morgan fingerprint density at radius 3 is 2.71 bits per heavy atom. The van der Waals surface area contributed by atoms with E-state index >= 15 is 0 Å². The van der Waals surface area contributed by atoms with Crippen molar-refractivity contribution in [3.63, 3.8) is 0 Å². The first-order chi connectivity index (χ1) is 12.5. The fourth-order valence-electron chi connectivity index (χ4n) is 3.17. The predicted molar refractivity (Wildman–Crippen MR) is 113 cm³/mol. The Morgan fingerprint density at radius 1 is 1.36 bits per heavy atom. The zero-order valence-electron chi connectivity index (χ0n) is 15.3. The lowest BCUT2D eigenvalue weighted by molar-refractivity contribution is -0.131. The molecule has 1 fully saturated rings. The fraction of sp³-hybridized carbons (Fsp3) is 0.389. The van der Waals surface area contributed by atoms with Gasteiger partial charge in [-0.25, -0.2) is 9.37 Å². The minimum absolute atomic E-state index is 0. The molecule has 0 bridgehead atoms. The number of rotatable bonds is 5. The summed E-state index contributed by atoms with van der Waals surface area (Å²) in [6.45, 7) is 3.28. The number of likely N-dealkylation sites (tertiary alicyclic amines) is 1. The van der Waals surface area contributed by atoms with E-state index in [9.17, 15) is 14.0 Å². The maximum Gasteiger partial charge on any atom is 0.260 e. The Balaban J connectivity index is 0.00000196. The zero-order chi connectivity index (χ0) is 18.7. The molecule has 154 valence electrons. The number of halogens is 3. The fourth-order valence-corrected chi connectivity index (χ4v) is 3.88. The van der Waals surface area contributed by atoms with Crippen molar-refractivity contribution >= 4 is 53.1 Å². The Bertz CT molecular complexity index is 820. The molecule has 28 heavy (non-hydrogen) atoms. The number of hydrogen-bond acceptors (Lipinski definition) is 5. The largest absolute Gasteiger partial charge is 0.339 e. The van der Waals surface area contributed by atoms with Gasteiger partial charge in [-0.15, -0.1) is 36.2 Å². The molecule has 1 aromatic heterocycles. The van der Waals surface area contributed by atoms with Crippen molar-refractivity contribution in [3.8, 4) is 0 Å². The number of anilines is 1. The van der Waals surface area contributed by atoms with Crippen LogP contribution in [0.4, 0.5) is 9.52 Å². The normalized spacial score (nSPS) is 18.2. The van der Waals surface area contributed by atoms with Gasteiger partial charge in [0.1, 0.15) is 5.82 Å². The highest BCUT2D eigenvalue weighted by molar-refractivity contribution is 7.14. The van der Waals surface area contributed by atoms with Crippen LogP contribution in [0.2, 0.25) is 0 Å². The van der Waals surface area contributed by atoms with E-state index in [1.807, 2.05) is 11.8 Å². The standard InChI is InChI=1S/C18H21FN4O2S.2ClH/c1-11-6-12(8-20)9-23(11)16(24)7-13-10-26-18(21-13)22-17(25)14-4-2-3-5-15(14)19;;/h2-5,10-12H,6-9,20H2,1H3,(H,21,22,25);2*1H. The minimum Gasteiger partial charge on any atom is -0.339 e. The van der Waals surface area contributed by atoms with Crippen LogP contribution < -0.4 is 11.1 Å². The first-order valence-corrected chi connectivity index (χ1v) is 9.35. The average molecular weight is 449 g/mol. The third kappa shape index (κ3) is 5.64. The molecular formula is C18H23Cl2FN4O2S. The van der Waals surface area contributed by atoms with Gasteiger partial charge in [-0.2, -0.15) is 0 Å². The molecule has 3 N–H and O–H groups in total. The van der Waals surface area contributed by atoms with Crippen molar-refractivity contribution in [3.05, 3.63) is 46.7 Å². The maximum atomic E-state index is 13.7. The zero-order valence-corrected chi connectivity index (χ0v) is 17.7. The highest BCUT2D eigenvalue weighted by Gasteiger charge is 2.31. The molecule has 0 aliphatic carbocycles. The number of hydrogen-bond donors (Lipinski definition) is 2. The number of nitrogens with zero attached hydrogens (tertiary/aromatic N) is 2. The summed E-state index contributed by atoms with van der Waals surface area (Å²) in [5.41, 5.74) is 6.25. The molecule has 1 aromatic carbocycles. The first-order valence-electron chi connectivity index (χ1n) is 8.47. The van der Waals surface area contributed by atoms with Crippen LogP contribution in [-0.4, -0.2) is 40.8 Å². The van der Waals surface area contributed by atoms with Gasteiger partial charge in [0, 0.05) is 18.0 Å². The second kappa shape index (κ2) is 10.7. The van der Waals surface area contributed by atoms with Crippen LogP contribution in [0.25, 0.3) is 0 Å². The summed E-state index contributed by atoms with van der Waals surface area (Å²) in [6.07, 6.45) is 1.09. The molecule has 2 heterocycles. The van der Waals surface area contributed by atoms with Crippen LogP contribution in [0.15, 0.2) is 29.6 Å². The smallest absolute Gasteiger partial charge is 0.260 e. The molecule has 10 heteroatoms. The number of thiazole rings is 1. The third-order valence-electron chi connectivity index (χ3n) is 4.54. The Hall–Kier alpha value is -1.74. The molecule has 2 aromatic rings. The van der Waals surface area contributed by atoms with E-state index in [1.54, 1.807) is 11.4 Å². The van der Waals surface area contributed by atoms with Crippen LogP contribution in [0, 0.1) is 11.7 Å². The van der Waals surface area contributed by atoms with Crippen LogP contribution >= 0.6 is 36.2 Å². The molecule has 2 atom stereocenters. The summed E-state index contributed by atoms with van der Waals surface area (Å²) in [6, 6.07) is 5.93. The number of amides is 2. The van der Waals surface area contributed by atoms with Gasteiger partial charge in [-0.1, -0.05) is 12.1 Å². The Labute approximate surface area is 179 Å². The number of carbonyl (C=O) groups excluding carboxylic acids is 2. The molecule has 0 saturated carbocycles. The predicted octanol–water partition coefficient (Wildman–Crippen LogP) is 3.12. The number of nitrogens with one attached hydrogen (secondary N) is 1. The van der Waals surface area contributed by atoms with Gasteiger partial charge in [0.2, 0.25) is 5.91 Å². The second-order valence-electron chi connectivity index (χ2n) is 6.49. The van der Waals surface area contributed by atoms with Crippen molar-refractivity contribution in [2.24, 2.45) is 11.7 Å². The van der Waals surface area contributed by atoms with Crippen molar-refractivity contribution in [2.75, 3.05) is 18.4 Å². The van der Waals surface area contributed by atoms with Gasteiger partial charge in [0.15, 0.2) is 5.13 Å². The molecule has 2 unspecified atom stereocenters. The van der Waals surface area contributed by atoms with Crippen LogP contribution in [0.3, 0.4) is 0 Å². The van der Waals surface area contributed by atoms with E-state index < -0.39 is 11.7 Å². The van der Waals surface area contributed by atoms with Gasteiger partial charge in [-0.05, 0) is 37.9 Å². The van der Waals surface area contributed by atoms with Gasteiger partial charge >= 0.3 is 0 Å². The monoisotopic (exact) mass is 448 g/mol. The van der Waals surface area contributed by atoms with Crippen LogP contribution in [0.5, 0.6) is 0 Å². The topological polar surface area (TPSA) is 88.3 Å². The van der Waals surface area contributed by atoms with E-state index in [-0.39, 0.29) is 48.7 Å². The molecule has 6 nitrogen and oxygen atoms in total. The number of benzene rings is 1. The lowest BCUT2D eigenvalue weighted by Gasteiger charge is -2.21. The molecule has 0 spiro atoms. The van der Waals surface area contributed by atoms with Crippen molar-refractivity contribution in [1.82, 2.24) is 9.88 Å². The number of nitrogens with two attached hydrogens (primary N) is 1. The molecule has 1 aliphatic heterocycles. The highest BCUT2D eigenvalue weighted by atomic mass is 35.5. The van der Waals surface area contributed by atoms with Crippen molar-refractivity contribution in [2.45, 2.75) is 25.8 Å². The SMILES string of the molecule is CC1CC(CN)CN1C(=O)Cc1csc(NC(=O)c2ccccc2F)n1.Cl.Cl. The summed E-state index contributed by atoms with van der Waals surface area (Å²) >= 11 is 1.21. The van der Waals surface area contributed by atoms with Gasteiger partial charge < -0.3 is 10.6 Å². The van der Waals surface area contributed by atoms with E-state index in [4.69, 9.17) is 5.73 Å². The summed E-state index contributed by atoms with van der Waals surface area (Å²) in [7, 11) is 0. The average Bonchev–Trinajstić information content (AvgIpc) is 3.21. The lowest BCUT2D eigenvalue weighted by Crippen LogP contribution is -2.35. The highest BCUT2D eigenvalue weighted by Crippen LogP contribution is 2.24. The van der Waals surface area contributed by atoms with Gasteiger partial charge in [0.05, 0.1) is 17.7 Å². The van der Waals surface area contributed by atoms with E-state index in [1.165, 1.54) is 29.5 Å². The summed E-state index contributed by atoms with van der Waals surface area (Å²) in [5.74, 6) is -0.797. The van der Waals surface area contributed by atoms with Crippen molar-refractivity contribution < 1.29 is 14.0 Å². The van der Waals surface area contributed by atoms with Gasteiger partial charge in [-0.3, -0.25) is 14.9 Å². The minimum atomic E-state index is -0.588. The van der Waals surface area contributed by atoms with Crippen LogP contribution in [0.1, 0.15) is 29.4 Å². The maximum absolute atomic E-state index is 13.7. The molecule has 3 rings (SSSR count). The van der Waals surface area contributed by atoms with E-state index in [0.29, 0.717) is 29.8 Å². The molecule has 1 saturated heterocycles. The summed E-state index contributed by atoms with van der Waals surface area (Å²) in [5, 5.41) is 4.65. The van der Waals surface area contributed by atoms with Crippen LogP contribution in [-0.2, 0) is 11.2 Å². The first kappa shape index (κ1) is 24.3. The van der Waals surface area contributed by atoms with Gasteiger partial charge in [0.25, 0.3) is 5.91 Å². The van der Waals surface area contributed by atoms with E-state index in [2.05, 4.69) is 10.3 Å². The summed E-state index contributed by atoms with van der Waals surface area (Å²) in [4.78, 5) is 30.7. The number of carbonyl (C=O) groups is 2. The number of aromatic nitrogens is 1. The molecule has 2 amide bonds. The lowest BCUT2D eigenvalue weighted by atomic mass is 10.1. The summed E-state index contributed by atoms with van der Waals surface area (Å²) < 4.78 is 13.7. The van der Waals surface area contributed by atoms with Crippen molar-refractivity contribution in [1.29, 1.82) is 0 Å². The van der Waals surface area contributed by atoms with E-state index in [0.717, 1.165) is 6.42 Å². The second-order valence-corrected chi connectivity index (χ2v) is 7.35. The quantitative estimate of drug-likeness (QED) is 0.734. The Morgan fingerprint density at radius 2 is 2.07 bits per heavy atom. The molecule has 1 aliphatic rings. The Kier molecular flexibility index (Phi) is 9.29. The third-order valence-corrected chi connectivity index (χ3v) is 5.34. The molecule has 0 radical (unpaired) electrons. The molecular weight excluding hydrogens is 426 g/mol.